The first-order chi connectivity index (χ1) is 9.03. The molecule has 2 rings (SSSR count). The highest BCUT2D eigenvalue weighted by Crippen LogP contribution is 2.15. The molecule has 1 aromatic carbocycles. The Morgan fingerprint density at radius 1 is 1.32 bits per heavy atom. The number of rotatable bonds is 4. The molecule has 0 saturated heterocycles. The molecule has 0 unspecified atom stereocenters. The van der Waals surface area contributed by atoms with E-state index in [1.165, 1.54) is 43.8 Å². The number of H-pyrrole nitrogens is 1. The Morgan fingerprint density at radius 2 is 2.00 bits per heavy atom. The summed E-state index contributed by atoms with van der Waals surface area (Å²) in [5.74, 6) is -0.482. The first-order valence-corrected chi connectivity index (χ1v) is 6.71. The van der Waals surface area contributed by atoms with E-state index in [9.17, 15) is 13.2 Å². The van der Waals surface area contributed by atoms with Gasteiger partial charge in [0.1, 0.15) is 4.90 Å². The molecule has 7 nitrogen and oxygen atoms in total. The van der Waals surface area contributed by atoms with Crippen LogP contribution in [0.3, 0.4) is 0 Å². The van der Waals surface area contributed by atoms with Gasteiger partial charge in [-0.2, -0.15) is 5.10 Å². The lowest BCUT2D eigenvalue weighted by Gasteiger charge is -2.06. The zero-order chi connectivity index (χ0) is 13.9. The maximum atomic E-state index is 11.9. The van der Waals surface area contributed by atoms with Crippen molar-refractivity contribution in [1.29, 1.82) is 0 Å². The Balaban J connectivity index is 2.19. The van der Waals surface area contributed by atoms with Gasteiger partial charge in [-0.3, -0.25) is 9.82 Å². The fraction of sp³-hybridized carbons (Fsp3) is 0.0909. The SMILES string of the molecule is COC(=O)c1ccc(NS(=O)(=O)c2cn[nH]c2)cc1. The van der Waals surface area contributed by atoms with Crippen LogP contribution in [-0.4, -0.2) is 31.7 Å². The van der Waals surface area contributed by atoms with E-state index in [1.807, 2.05) is 0 Å². The molecule has 0 fully saturated rings. The molecule has 0 amide bonds. The summed E-state index contributed by atoms with van der Waals surface area (Å²) >= 11 is 0. The predicted octanol–water partition coefficient (Wildman–Crippen LogP) is 0.997. The molecular formula is C11H11N3O4S. The van der Waals surface area contributed by atoms with Gasteiger partial charge in [-0.25, -0.2) is 13.2 Å². The highest BCUT2D eigenvalue weighted by molar-refractivity contribution is 7.92. The summed E-state index contributed by atoms with van der Waals surface area (Å²) in [6, 6.07) is 5.89. The third-order valence-corrected chi connectivity index (χ3v) is 3.69. The summed E-state index contributed by atoms with van der Waals surface area (Å²) in [6.07, 6.45) is 2.47. The molecule has 19 heavy (non-hydrogen) atoms. The number of hydrogen-bond donors (Lipinski definition) is 2. The minimum Gasteiger partial charge on any atom is -0.465 e. The second kappa shape index (κ2) is 5.11. The predicted molar refractivity (Wildman–Crippen MR) is 67.2 cm³/mol. The zero-order valence-electron chi connectivity index (χ0n) is 9.95. The minimum atomic E-state index is -3.67. The Morgan fingerprint density at radius 3 is 2.53 bits per heavy atom. The molecule has 0 saturated carbocycles. The van der Waals surface area contributed by atoms with Gasteiger partial charge in [0.15, 0.2) is 0 Å². The quantitative estimate of drug-likeness (QED) is 0.814. The van der Waals surface area contributed by atoms with Gasteiger partial charge in [0.05, 0.1) is 18.9 Å². The van der Waals surface area contributed by atoms with Gasteiger partial charge in [0.2, 0.25) is 0 Å². The summed E-state index contributed by atoms with van der Waals surface area (Å²) in [5, 5.41) is 6.00. The van der Waals surface area contributed by atoms with Crippen molar-refractivity contribution in [2.24, 2.45) is 0 Å². The van der Waals surface area contributed by atoms with Gasteiger partial charge in [-0.1, -0.05) is 0 Å². The van der Waals surface area contributed by atoms with Crippen LogP contribution in [0.1, 0.15) is 10.4 Å². The Kier molecular flexibility index (Phi) is 3.52. The molecule has 2 aromatic rings. The van der Waals surface area contributed by atoms with E-state index < -0.39 is 16.0 Å². The van der Waals surface area contributed by atoms with Crippen LogP contribution in [-0.2, 0) is 14.8 Å². The largest absolute Gasteiger partial charge is 0.465 e. The monoisotopic (exact) mass is 281 g/mol. The number of nitrogens with zero attached hydrogens (tertiary/aromatic N) is 1. The van der Waals surface area contributed by atoms with Crippen LogP contribution in [0.5, 0.6) is 0 Å². The number of ether oxygens (including phenoxy) is 1. The fourth-order valence-electron chi connectivity index (χ4n) is 1.39. The van der Waals surface area contributed by atoms with Crippen molar-refractivity contribution in [1.82, 2.24) is 10.2 Å². The number of sulfonamides is 1. The number of aromatic nitrogens is 2. The van der Waals surface area contributed by atoms with Crippen molar-refractivity contribution < 1.29 is 17.9 Å². The molecule has 8 heteroatoms. The summed E-state index contributed by atoms with van der Waals surface area (Å²) in [6.45, 7) is 0. The van der Waals surface area contributed by atoms with Crippen molar-refractivity contribution >= 4 is 21.7 Å². The van der Waals surface area contributed by atoms with Gasteiger partial charge in [-0.05, 0) is 24.3 Å². The lowest BCUT2D eigenvalue weighted by atomic mass is 10.2. The van der Waals surface area contributed by atoms with Gasteiger partial charge in [0.25, 0.3) is 10.0 Å². The van der Waals surface area contributed by atoms with E-state index in [4.69, 9.17) is 0 Å². The van der Waals surface area contributed by atoms with Crippen molar-refractivity contribution in [2.75, 3.05) is 11.8 Å². The molecule has 0 radical (unpaired) electrons. The number of anilines is 1. The number of esters is 1. The Hall–Kier alpha value is -2.35. The van der Waals surface area contributed by atoms with E-state index >= 15 is 0 Å². The van der Waals surface area contributed by atoms with Crippen molar-refractivity contribution in [3.05, 3.63) is 42.2 Å². The smallest absolute Gasteiger partial charge is 0.337 e. The summed E-state index contributed by atoms with van der Waals surface area (Å²) in [7, 11) is -2.39. The first-order valence-electron chi connectivity index (χ1n) is 5.23. The summed E-state index contributed by atoms with van der Waals surface area (Å²) < 4.78 is 30.7. The van der Waals surface area contributed by atoms with Crippen LogP contribution in [0.25, 0.3) is 0 Å². The van der Waals surface area contributed by atoms with E-state index in [0.29, 0.717) is 11.3 Å². The lowest BCUT2D eigenvalue weighted by molar-refractivity contribution is 0.0601. The van der Waals surface area contributed by atoms with Crippen LogP contribution < -0.4 is 4.72 Å². The lowest BCUT2D eigenvalue weighted by Crippen LogP contribution is -2.12. The molecule has 100 valence electrons. The van der Waals surface area contributed by atoms with Crippen LogP contribution >= 0.6 is 0 Å². The molecule has 2 N–H and O–H groups in total. The molecule has 0 aliphatic carbocycles. The number of carbonyl (C=O) groups excluding carboxylic acids is 1. The molecule has 0 spiro atoms. The Bertz CT molecular complexity index is 662. The van der Waals surface area contributed by atoms with E-state index in [1.54, 1.807) is 0 Å². The van der Waals surface area contributed by atoms with Gasteiger partial charge in [0, 0.05) is 11.9 Å². The number of methoxy groups -OCH3 is 1. The van der Waals surface area contributed by atoms with E-state index in [2.05, 4.69) is 19.7 Å². The first kappa shape index (κ1) is 13.1. The third kappa shape index (κ3) is 2.91. The van der Waals surface area contributed by atoms with Gasteiger partial charge < -0.3 is 4.74 Å². The molecule has 0 bridgehead atoms. The van der Waals surface area contributed by atoms with Crippen LogP contribution in [0.15, 0.2) is 41.6 Å². The topological polar surface area (TPSA) is 101 Å². The standard InChI is InChI=1S/C11H11N3O4S/c1-18-11(15)8-2-4-9(5-3-8)14-19(16,17)10-6-12-13-7-10/h2-7,14H,1H3,(H,12,13). The van der Waals surface area contributed by atoms with Gasteiger partial charge in [-0.15, -0.1) is 0 Å². The normalized spacial score (nSPS) is 11.0. The average Bonchev–Trinajstić information content (AvgIpc) is 2.93. The Labute approximate surface area is 109 Å². The van der Waals surface area contributed by atoms with Crippen LogP contribution in [0.4, 0.5) is 5.69 Å². The van der Waals surface area contributed by atoms with E-state index in [-0.39, 0.29) is 4.90 Å². The second-order valence-corrected chi connectivity index (χ2v) is 5.29. The van der Waals surface area contributed by atoms with Gasteiger partial charge >= 0.3 is 5.97 Å². The van der Waals surface area contributed by atoms with Crippen LogP contribution in [0.2, 0.25) is 0 Å². The third-order valence-electron chi connectivity index (χ3n) is 2.34. The number of carbonyl (C=O) groups is 1. The summed E-state index contributed by atoms with van der Waals surface area (Å²) in [4.78, 5) is 11.3. The number of benzene rings is 1. The van der Waals surface area contributed by atoms with Crippen molar-refractivity contribution in [3.8, 4) is 0 Å². The fourth-order valence-corrected chi connectivity index (χ4v) is 2.36. The molecule has 1 heterocycles. The zero-order valence-corrected chi connectivity index (χ0v) is 10.8. The molecule has 0 aliphatic heterocycles. The van der Waals surface area contributed by atoms with E-state index in [0.717, 1.165) is 0 Å². The highest BCUT2D eigenvalue weighted by Gasteiger charge is 2.15. The number of hydrogen-bond acceptors (Lipinski definition) is 5. The number of aromatic amines is 1. The number of nitrogens with one attached hydrogen (secondary N) is 2. The molecule has 1 aromatic heterocycles. The second-order valence-electron chi connectivity index (χ2n) is 3.61. The minimum absolute atomic E-state index is 0.0320. The molecule has 0 atom stereocenters. The highest BCUT2D eigenvalue weighted by atomic mass is 32.2. The maximum Gasteiger partial charge on any atom is 0.337 e. The molecule has 0 aliphatic rings. The maximum absolute atomic E-state index is 11.9. The van der Waals surface area contributed by atoms with Crippen LogP contribution in [0, 0.1) is 0 Å². The average molecular weight is 281 g/mol. The van der Waals surface area contributed by atoms with Crippen molar-refractivity contribution in [2.45, 2.75) is 4.90 Å². The molecular weight excluding hydrogens is 270 g/mol. The summed E-state index contributed by atoms with van der Waals surface area (Å²) in [5.41, 5.74) is 0.683. The van der Waals surface area contributed by atoms with Crippen molar-refractivity contribution in [3.63, 3.8) is 0 Å².